The van der Waals surface area contributed by atoms with Gasteiger partial charge in [-0.3, -0.25) is 4.79 Å². The Kier molecular flexibility index (Phi) is 4.36. The van der Waals surface area contributed by atoms with Gasteiger partial charge in [-0.05, 0) is 31.1 Å². The van der Waals surface area contributed by atoms with Gasteiger partial charge < -0.3 is 10.2 Å². The van der Waals surface area contributed by atoms with Crippen LogP contribution in [0.5, 0.6) is 0 Å². The summed E-state index contributed by atoms with van der Waals surface area (Å²) in [6.07, 6.45) is 9.92. The lowest BCUT2D eigenvalue weighted by Gasteiger charge is -2.33. The largest absolute Gasteiger partial charge is 0.368 e. The number of allylic oxidation sites excluding steroid dienone is 3. The molecule has 0 fully saturated rings. The summed E-state index contributed by atoms with van der Waals surface area (Å²) in [7, 11) is 0. The zero-order chi connectivity index (χ0) is 13.1. The molecular formula is C15H22O3. The van der Waals surface area contributed by atoms with Crippen LogP contribution in [0.25, 0.3) is 0 Å². The third kappa shape index (κ3) is 2.90. The molecule has 0 aromatic carbocycles. The Hall–Kier alpha value is -0.930. The molecule has 4 atom stereocenters. The zero-order valence-corrected chi connectivity index (χ0v) is 10.8. The molecule has 2 aliphatic rings. The third-order valence-corrected chi connectivity index (χ3v) is 4.21. The van der Waals surface area contributed by atoms with Crippen molar-refractivity contribution < 1.29 is 15.0 Å². The summed E-state index contributed by atoms with van der Waals surface area (Å²) in [5.41, 5.74) is 0. The highest BCUT2D eigenvalue weighted by atomic mass is 16.5. The van der Waals surface area contributed by atoms with Crippen molar-refractivity contribution in [2.45, 2.75) is 38.9 Å². The number of ketones is 1. The Morgan fingerprint density at radius 3 is 2.78 bits per heavy atom. The van der Waals surface area contributed by atoms with E-state index in [1.807, 2.05) is 12.2 Å². The SMILES string of the molecule is CC1/C=C\CCCC(=O)[C@H]2CC(C(O)O)C=CC12. The van der Waals surface area contributed by atoms with Crippen LogP contribution in [0, 0.1) is 23.7 Å². The van der Waals surface area contributed by atoms with Crippen LogP contribution in [0.1, 0.15) is 32.6 Å². The van der Waals surface area contributed by atoms with Crippen molar-refractivity contribution in [1.82, 2.24) is 0 Å². The first-order valence-corrected chi connectivity index (χ1v) is 6.83. The van der Waals surface area contributed by atoms with Gasteiger partial charge in [-0.25, -0.2) is 0 Å². The molecule has 3 heteroatoms. The molecule has 0 saturated carbocycles. The van der Waals surface area contributed by atoms with E-state index in [2.05, 4.69) is 19.1 Å². The van der Waals surface area contributed by atoms with E-state index in [4.69, 9.17) is 0 Å². The predicted octanol–water partition coefficient (Wildman–Crippen LogP) is 2.05. The Morgan fingerprint density at radius 2 is 2.06 bits per heavy atom. The first kappa shape index (κ1) is 13.5. The molecule has 3 unspecified atom stereocenters. The molecule has 0 aliphatic heterocycles. The molecule has 0 heterocycles. The summed E-state index contributed by atoms with van der Waals surface area (Å²) in [6, 6.07) is 0. The fourth-order valence-electron chi connectivity index (χ4n) is 3.06. The van der Waals surface area contributed by atoms with E-state index < -0.39 is 6.29 Å². The first-order chi connectivity index (χ1) is 8.59. The summed E-state index contributed by atoms with van der Waals surface area (Å²) in [4.78, 5) is 12.2. The molecule has 2 aliphatic carbocycles. The van der Waals surface area contributed by atoms with E-state index in [9.17, 15) is 15.0 Å². The molecule has 0 amide bonds. The van der Waals surface area contributed by atoms with Gasteiger partial charge in [0.05, 0.1) is 0 Å². The van der Waals surface area contributed by atoms with Crippen LogP contribution in [-0.4, -0.2) is 22.3 Å². The quantitative estimate of drug-likeness (QED) is 0.553. The van der Waals surface area contributed by atoms with Gasteiger partial charge in [0.25, 0.3) is 0 Å². The van der Waals surface area contributed by atoms with Crippen LogP contribution in [0.15, 0.2) is 24.3 Å². The maximum atomic E-state index is 12.2. The van der Waals surface area contributed by atoms with Gasteiger partial charge in [-0.2, -0.15) is 0 Å². The minimum Gasteiger partial charge on any atom is -0.368 e. The molecule has 0 bridgehead atoms. The van der Waals surface area contributed by atoms with Crippen molar-refractivity contribution in [3.8, 4) is 0 Å². The van der Waals surface area contributed by atoms with E-state index in [1.165, 1.54) is 0 Å². The molecule has 3 nitrogen and oxygen atoms in total. The maximum Gasteiger partial charge on any atom is 0.157 e. The zero-order valence-electron chi connectivity index (χ0n) is 10.8. The molecule has 100 valence electrons. The molecule has 0 saturated heterocycles. The van der Waals surface area contributed by atoms with Crippen molar-refractivity contribution in [1.29, 1.82) is 0 Å². The van der Waals surface area contributed by atoms with Crippen LogP contribution >= 0.6 is 0 Å². The summed E-state index contributed by atoms with van der Waals surface area (Å²) >= 11 is 0. The lowest BCUT2D eigenvalue weighted by atomic mass is 9.71. The number of aliphatic hydroxyl groups excluding tert-OH is 1. The highest BCUT2D eigenvalue weighted by Gasteiger charge is 2.35. The second kappa shape index (κ2) is 5.81. The standard InChI is InChI=1S/C15H22O3/c1-10-5-3-2-4-6-14(16)13-9-11(15(17)18)7-8-12(10)13/h3,5,7-8,10-13,15,17-18H,2,4,6,9H2,1H3/b5-3-/t10?,11?,12?,13-/m0/s1. The number of fused-ring (bicyclic) bond motifs is 1. The van der Waals surface area contributed by atoms with Crippen molar-refractivity contribution in [3.63, 3.8) is 0 Å². The number of carbonyl (C=O) groups excluding carboxylic acids is 1. The van der Waals surface area contributed by atoms with Crippen molar-refractivity contribution in [2.75, 3.05) is 0 Å². The lowest BCUT2D eigenvalue weighted by Crippen LogP contribution is -2.34. The maximum absolute atomic E-state index is 12.2. The number of Topliss-reactive ketones (excluding diaryl/α,β-unsaturated/α-hetero) is 1. The van der Waals surface area contributed by atoms with Crippen molar-refractivity contribution in [2.24, 2.45) is 23.7 Å². The van der Waals surface area contributed by atoms with Gasteiger partial charge in [-0.15, -0.1) is 0 Å². The minimum absolute atomic E-state index is 0.0560. The summed E-state index contributed by atoms with van der Waals surface area (Å²) < 4.78 is 0. The second-order valence-corrected chi connectivity index (χ2v) is 5.53. The van der Waals surface area contributed by atoms with Crippen molar-refractivity contribution in [3.05, 3.63) is 24.3 Å². The van der Waals surface area contributed by atoms with Crippen molar-refractivity contribution >= 4 is 5.78 Å². The summed E-state index contributed by atoms with van der Waals surface area (Å²) in [5, 5.41) is 18.6. The molecule has 0 radical (unpaired) electrons. The predicted molar refractivity (Wildman–Crippen MR) is 69.6 cm³/mol. The normalized spacial score (nSPS) is 38.8. The molecule has 2 rings (SSSR count). The van der Waals surface area contributed by atoms with E-state index in [0.29, 0.717) is 18.8 Å². The fraction of sp³-hybridized carbons (Fsp3) is 0.667. The average molecular weight is 250 g/mol. The van der Waals surface area contributed by atoms with E-state index in [0.717, 1.165) is 12.8 Å². The molecule has 0 aromatic rings. The smallest absolute Gasteiger partial charge is 0.157 e. The number of rotatable bonds is 1. The van der Waals surface area contributed by atoms with E-state index >= 15 is 0 Å². The van der Waals surface area contributed by atoms with Crippen LogP contribution in [-0.2, 0) is 4.79 Å². The summed E-state index contributed by atoms with van der Waals surface area (Å²) in [5.74, 6) is 0.476. The number of aliphatic hydroxyl groups is 2. The number of carbonyl (C=O) groups is 1. The van der Waals surface area contributed by atoms with Gasteiger partial charge in [-0.1, -0.05) is 31.2 Å². The van der Waals surface area contributed by atoms with Gasteiger partial charge in [0.1, 0.15) is 5.78 Å². The highest BCUT2D eigenvalue weighted by molar-refractivity contribution is 5.81. The number of hydrogen-bond donors (Lipinski definition) is 2. The van der Waals surface area contributed by atoms with Gasteiger partial charge >= 0.3 is 0 Å². The molecule has 0 aromatic heterocycles. The van der Waals surface area contributed by atoms with Crippen LogP contribution < -0.4 is 0 Å². The van der Waals surface area contributed by atoms with Gasteiger partial charge in [0.2, 0.25) is 0 Å². The molecule has 18 heavy (non-hydrogen) atoms. The second-order valence-electron chi connectivity index (χ2n) is 5.53. The highest BCUT2D eigenvalue weighted by Crippen LogP contribution is 2.37. The Bertz CT molecular complexity index is 357. The first-order valence-electron chi connectivity index (χ1n) is 6.83. The Labute approximate surface area is 108 Å². The van der Waals surface area contributed by atoms with Gasteiger partial charge in [0.15, 0.2) is 6.29 Å². The van der Waals surface area contributed by atoms with E-state index in [-0.39, 0.29) is 23.5 Å². The molecule has 2 N–H and O–H groups in total. The molecule has 0 spiro atoms. The third-order valence-electron chi connectivity index (χ3n) is 4.21. The summed E-state index contributed by atoms with van der Waals surface area (Å²) in [6.45, 7) is 2.13. The van der Waals surface area contributed by atoms with Crippen LogP contribution in [0.2, 0.25) is 0 Å². The van der Waals surface area contributed by atoms with Gasteiger partial charge in [0, 0.05) is 18.3 Å². The average Bonchev–Trinajstić information content (AvgIpc) is 2.42. The topological polar surface area (TPSA) is 57.5 Å². The Balaban J connectivity index is 2.23. The monoisotopic (exact) mass is 250 g/mol. The minimum atomic E-state index is -1.35. The van der Waals surface area contributed by atoms with E-state index in [1.54, 1.807) is 0 Å². The molecular weight excluding hydrogens is 228 g/mol. The van der Waals surface area contributed by atoms with Crippen LogP contribution in [0.4, 0.5) is 0 Å². The number of hydrogen-bond acceptors (Lipinski definition) is 3. The van der Waals surface area contributed by atoms with Crippen LogP contribution in [0.3, 0.4) is 0 Å². The Morgan fingerprint density at radius 1 is 1.28 bits per heavy atom. The fourth-order valence-corrected chi connectivity index (χ4v) is 3.06. The lowest BCUT2D eigenvalue weighted by molar-refractivity contribution is -0.127.